The van der Waals surface area contributed by atoms with Crippen molar-refractivity contribution in [2.24, 2.45) is 0 Å². The molecule has 0 unspecified atom stereocenters. The molecule has 0 saturated heterocycles. The molecule has 0 aliphatic carbocycles. The molecule has 0 spiro atoms. The number of aromatic nitrogens is 2. The maximum Gasteiger partial charge on any atom is 0.251 e. The summed E-state index contributed by atoms with van der Waals surface area (Å²) in [5.74, 6) is 1.62. The van der Waals surface area contributed by atoms with Gasteiger partial charge in [-0.1, -0.05) is 17.8 Å². The lowest BCUT2D eigenvalue weighted by atomic mass is 10.2. The Hall–Kier alpha value is -2.48. The van der Waals surface area contributed by atoms with Gasteiger partial charge in [0.15, 0.2) is 16.7 Å². The first-order valence-electron chi connectivity index (χ1n) is 7.50. The van der Waals surface area contributed by atoms with Gasteiger partial charge >= 0.3 is 0 Å². The summed E-state index contributed by atoms with van der Waals surface area (Å²) >= 11 is 1.21. The molecule has 0 fully saturated rings. The number of hydrogen-bond donors (Lipinski definition) is 1. The van der Waals surface area contributed by atoms with E-state index in [1.54, 1.807) is 4.90 Å². The first-order chi connectivity index (χ1) is 11.7. The third-order valence-corrected chi connectivity index (χ3v) is 4.40. The van der Waals surface area contributed by atoms with Crippen LogP contribution in [0.1, 0.15) is 12.5 Å². The van der Waals surface area contributed by atoms with E-state index in [0.29, 0.717) is 24.0 Å². The van der Waals surface area contributed by atoms with Gasteiger partial charge in [0.25, 0.3) is 5.56 Å². The minimum absolute atomic E-state index is 0.0216. The van der Waals surface area contributed by atoms with E-state index in [9.17, 15) is 9.59 Å². The maximum absolute atomic E-state index is 12.4. The van der Waals surface area contributed by atoms with Crippen LogP contribution in [0.3, 0.4) is 0 Å². The number of amides is 1. The standard InChI is InChI=1S/C16H17N3O4S/c1-2-19(8-11-3-4-12-13(7-11)23-10-22-12)15(21)9-24-16-17-6-5-14(20)18-16/h3-7H,2,8-10H2,1H3,(H,17,18,20). The number of carbonyl (C=O) groups excluding carboxylic acids is 1. The highest BCUT2D eigenvalue weighted by atomic mass is 32.2. The van der Waals surface area contributed by atoms with E-state index in [1.807, 2.05) is 25.1 Å². The van der Waals surface area contributed by atoms with Crippen LogP contribution >= 0.6 is 11.8 Å². The molecule has 1 aromatic heterocycles. The molecule has 2 heterocycles. The molecule has 1 aliphatic heterocycles. The van der Waals surface area contributed by atoms with Crippen molar-refractivity contribution in [2.75, 3.05) is 19.1 Å². The molecule has 2 aromatic rings. The van der Waals surface area contributed by atoms with Gasteiger partial charge in [-0.25, -0.2) is 4.98 Å². The number of nitrogens with zero attached hydrogens (tertiary/aromatic N) is 2. The fraction of sp³-hybridized carbons (Fsp3) is 0.312. The number of carbonyl (C=O) groups is 1. The van der Waals surface area contributed by atoms with E-state index < -0.39 is 0 Å². The minimum atomic E-state index is -0.229. The third kappa shape index (κ3) is 3.88. The Morgan fingerprint density at radius 1 is 1.33 bits per heavy atom. The zero-order chi connectivity index (χ0) is 16.9. The van der Waals surface area contributed by atoms with E-state index in [4.69, 9.17) is 9.47 Å². The van der Waals surface area contributed by atoms with Crippen LogP contribution in [-0.4, -0.2) is 39.9 Å². The van der Waals surface area contributed by atoms with E-state index in [2.05, 4.69) is 9.97 Å². The van der Waals surface area contributed by atoms with E-state index in [0.717, 1.165) is 11.3 Å². The molecule has 0 bridgehead atoms. The SMILES string of the molecule is CCN(Cc1ccc2c(c1)OCO2)C(=O)CSc1nccc(=O)[nH]1. The molecule has 1 aliphatic rings. The highest BCUT2D eigenvalue weighted by Crippen LogP contribution is 2.32. The molecule has 0 saturated carbocycles. The van der Waals surface area contributed by atoms with Gasteiger partial charge in [0.1, 0.15) is 0 Å². The molecular formula is C16H17N3O4S. The average molecular weight is 347 g/mol. The molecule has 1 aromatic carbocycles. The van der Waals surface area contributed by atoms with Crippen LogP contribution in [0.5, 0.6) is 11.5 Å². The Labute approximate surface area is 143 Å². The monoisotopic (exact) mass is 347 g/mol. The van der Waals surface area contributed by atoms with Gasteiger partial charge < -0.3 is 19.4 Å². The van der Waals surface area contributed by atoms with Gasteiger partial charge in [0.2, 0.25) is 12.7 Å². The number of benzene rings is 1. The van der Waals surface area contributed by atoms with E-state index in [1.165, 1.54) is 24.0 Å². The van der Waals surface area contributed by atoms with Gasteiger partial charge in [-0.3, -0.25) is 9.59 Å². The van der Waals surface area contributed by atoms with Crippen molar-refractivity contribution in [3.05, 3.63) is 46.4 Å². The number of fused-ring (bicyclic) bond motifs is 1. The maximum atomic E-state index is 12.4. The smallest absolute Gasteiger partial charge is 0.251 e. The number of nitrogens with one attached hydrogen (secondary N) is 1. The van der Waals surface area contributed by atoms with Crippen LogP contribution < -0.4 is 15.0 Å². The molecule has 0 radical (unpaired) electrons. The number of ether oxygens (including phenoxy) is 2. The molecule has 126 valence electrons. The molecule has 3 rings (SSSR count). The summed E-state index contributed by atoms with van der Waals surface area (Å²) in [6.07, 6.45) is 1.43. The summed E-state index contributed by atoms with van der Waals surface area (Å²) in [4.78, 5) is 32.0. The van der Waals surface area contributed by atoms with Crippen molar-refractivity contribution in [3.8, 4) is 11.5 Å². The lowest BCUT2D eigenvalue weighted by Gasteiger charge is -2.21. The van der Waals surface area contributed by atoms with Crippen molar-refractivity contribution >= 4 is 17.7 Å². The number of thioether (sulfide) groups is 1. The normalized spacial score (nSPS) is 12.2. The summed E-state index contributed by atoms with van der Waals surface area (Å²) in [6.45, 7) is 3.24. The molecule has 1 amide bonds. The van der Waals surface area contributed by atoms with Gasteiger partial charge in [-0.2, -0.15) is 0 Å². The van der Waals surface area contributed by atoms with Gasteiger partial charge in [-0.05, 0) is 24.6 Å². The summed E-state index contributed by atoms with van der Waals surface area (Å²) in [6, 6.07) is 7.00. The number of aromatic amines is 1. The molecule has 7 nitrogen and oxygen atoms in total. The van der Waals surface area contributed by atoms with E-state index in [-0.39, 0.29) is 24.0 Å². The van der Waals surface area contributed by atoms with Crippen LogP contribution in [0.2, 0.25) is 0 Å². The number of rotatable bonds is 6. The van der Waals surface area contributed by atoms with E-state index >= 15 is 0 Å². The van der Waals surface area contributed by atoms with Crippen LogP contribution in [-0.2, 0) is 11.3 Å². The Morgan fingerprint density at radius 2 is 2.17 bits per heavy atom. The zero-order valence-corrected chi connectivity index (χ0v) is 14.0. The Bertz CT molecular complexity index is 793. The van der Waals surface area contributed by atoms with Crippen molar-refractivity contribution < 1.29 is 14.3 Å². The second-order valence-corrected chi connectivity index (χ2v) is 6.09. The predicted octanol–water partition coefficient (Wildman–Crippen LogP) is 1.64. The lowest BCUT2D eigenvalue weighted by Crippen LogP contribution is -2.31. The molecular weight excluding hydrogens is 330 g/mol. The number of hydrogen-bond acceptors (Lipinski definition) is 6. The lowest BCUT2D eigenvalue weighted by molar-refractivity contribution is -0.128. The topological polar surface area (TPSA) is 84.5 Å². The molecule has 8 heteroatoms. The van der Waals surface area contributed by atoms with Crippen LogP contribution in [0.25, 0.3) is 0 Å². The van der Waals surface area contributed by atoms with Gasteiger partial charge in [0, 0.05) is 25.4 Å². The number of H-pyrrole nitrogens is 1. The minimum Gasteiger partial charge on any atom is -0.454 e. The zero-order valence-electron chi connectivity index (χ0n) is 13.2. The predicted molar refractivity (Wildman–Crippen MR) is 89.2 cm³/mol. The third-order valence-electron chi connectivity index (χ3n) is 3.53. The van der Waals surface area contributed by atoms with Crippen molar-refractivity contribution in [3.63, 3.8) is 0 Å². The largest absolute Gasteiger partial charge is 0.454 e. The van der Waals surface area contributed by atoms with Crippen molar-refractivity contribution in [1.82, 2.24) is 14.9 Å². The van der Waals surface area contributed by atoms with Gasteiger partial charge in [-0.15, -0.1) is 0 Å². The Morgan fingerprint density at radius 3 is 2.96 bits per heavy atom. The van der Waals surface area contributed by atoms with Gasteiger partial charge in [0.05, 0.1) is 5.75 Å². The molecule has 1 N–H and O–H groups in total. The summed E-state index contributed by atoms with van der Waals surface area (Å²) in [5, 5.41) is 0.440. The first kappa shape index (κ1) is 16.4. The molecule has 0 atom stereocenters. The highest BCUT2D eigenvalue weighted by Gasteiger charge is 2.17. The van der Waals surface area contributed by atoms with Crippen molar-refractivity contribution in [2.45, 2.75) is 18.6 Å². The second-order valence-electron chi connectivity index (χ2n) is 5.12. The molecule has 24 heavy (non-hydrogen) atoms. The summed E-state index contributed by atoms with van der Waals surface area (Å²) in [7, 11) is 0. The van der Waals surface area contributed by atoms with Crippen molar-refractivity contribution in [1.29, 1.82) is 0 Å². The fourth-order valence-corrected chi connectivity index (χ4v) is 3.03. The van der Waals surface area contributed by atoms with Crippen LogP contribution in [0.15, 0.2) is 40.4 Å². The highest BCUT2D eigenvalue weighted by molar-refractivity contribution is 7.99. The first-order valence-corrected chi connectivity index (χ1v) is 8.48. The Balaban J connectivity index is 1.61. The quantitative estimate of drug-likeness (QED) is 0.632. The van der Waals surface area contributed by atoms with Crippen LogP contribution in [0, 0.1) is 0 Å². The summed E-state index contributed by atoms with van der Waals surface area (Å²) < 4.78 is 10.6. The Kier molecular flexibility index (Phi) is 5.05. The second kappa shape index (κ2) is 7.39. The summed E-state index contributed by atoms with van der Waals surface area (Å²) in [5.41, 5.74) is 0.748. The average Bonchev–Trinajstić information content (AvgIpc) is 3.05. The van der Waals surface area contributed by atoms with Crippen LogP contribution in [0.4, 0.5) is 0 Å². The fourth-order valence-electron chi connectivity index (χ4n) is 2.28.